The number of H-pyrrole nitrogens is 1. The van der Waals surface area contributed by atoms with Crippen LogP contribution in [0, 0.1) is 0 Å². The quantitative estimate of drug-likeness (QED) is 0.865. The predicted molar refractivity (Wildman–Crippen MR) is 69.5 cm³/mol. The van der Waals surface area contributed by atoms with Crippen molar-refractivity contribution >= 4 is 15.8 Å². The van der Waals surface area contributed by atoms with Crippen LogP contribution in [0.5, 0.6) is 0 Å². The number of sulfone groups is 1. The van der Waals surface area contributed by atoms with E-state index in [1.807, 2.05) is 0 Å². The highest BCUT2D eigenvalue weighted by molar-refractivity contribution is 7.90. The van der Waals surface area contributed by atoms with Gasteiger partial charge in [-0.3, -0.25) is 0 Å². The number of hydrogen-bond donors (Lipinski definition) is 1. The largest absolute Gasteiger partial charge is 0.464 e. The molecular formula is C13H13NO4S. The maximum absolute atomic E-state index is 12.1. The highest BCUT2D eigenvalue weighted by Crippen LogP contribution is 2.16. The third-order valence-corrected chi connectivity index (χ3v) is 4.28. The Morgan fingerprint density at radius 2 is 1.84 bits per heavy atom. The zero-order chi connectivity index (χ0) is 13.9. The summed E-state index contributed by atoms with van der Waals surface area (Å²) >= 11 is 0. The minimum absolute atomic E-state index is 0.187. The standard InChI is InChI=1S/C13H13NO4S/c1-18-13(15)12-8-7-10(14-12)9-19(16,17)11-5-3-2-4-6-11/h2-8,14H,9H2,1H3. The molecule has 0 aliphatic rings. The SMILES string of the molecule is COC(=O)c1ccc(CS(=O)(=O)c2ccccc2)[nH]1. The van der Waals surface area contributed by atoms with E-state index in [4.69, 9.17) is 0 Å². The first kappa shape index (κ1) is 13.4. The molecule has 5 nitrogen and oxygen atoms in total. The van der Waals surface area contributed by atoms with Crippen molar-refractivity contribution < 1.29 is 17.9 Å². The molecule has 1 aromatic heterocycles. The first-order chi connectivity index (χ1) is 9.03. The molecule has 0 amide bonds. The highest BCUT2D eigenvalue weighted by Gasteiger charge is 2.17. The fraction of sp³-hybridized carbons (Fsp3) is 0.154. The summed E-state index contributed by atoms with van der Waals surface area (Å²) < 4.78 is 28.8. The molecule has 1 aromatic carbocycles. The van der Waals surface area contributed by atoms with Crippen molar-refractivity contribution in [2.24, 2.45) is 0 Å². The second kappa shape index (κ2) is 5.27. The van der Waals surface area contributed by atoms with Crippen LogP contribution in [0.25, 0.3) is 0 Å². The van der Waals surface area contributed by atoms with E-state index in [1.165, 1.54) is 13.2 Å². The lowest BCUT2D eigenvalue weighted by Crippen LogP contribution is -2.06. The van der Waals surface area contributed by atoms with Gasteiger partial charge in [0.25, 0.3) is 0 Å². The summed E-state index contributed by atoms with van der Waals surface area (Å²) in [6, 6.07) is 11.2. The summed E-state index contributed by atoms with van der Waals surface area (Å²) in [4.78, 5) is 14.2. The van der Waals surface area contributed by atoms with Gasteiger partial charge >= 0.3 is 5.97 Å². The molecule has 6 heteroatoms. The Morgan fingerprint density at radius 3 is 2.47 bits per heavy atom. The Bertz CT molecular complexity index is 674. The van der Waals surface area contributed by atoms with Crippen molar-refractivity contribution in [2.45, 2.75) is 10.6 Å². The zero-order valence-corrected chi connectivity index (χ0v) is 11.1. The van der Waals surface area contributed by atoms with E-state index < -0.39 is 15.8 Å². The number of aromatic nitrogens is 1. The molecule has 1 heterocycles. The fourth-order valence-electron chi connectivity index (χ4n) is 1.67. The molecule has 0 bridgehead atoms. The molecule has 2 aromatic rings. The molecule has 0 saturated carbocycles. The van der Waals surface area contributed by atoms with Crippen LogP contribution < -0.4 is 0 Å². The number of rotatable bonds is 4. The van der Waals surface area contributed by atoms with Crippen LogP contribution >= 0.6 is 0 Å². The molecule has 1 N–H and O–H groups in total. The Kier molecular flexibility index (Phi) is 3.71. The lowest BCUT2D eigenvalue weighted by Gasteiger charge is -2.02. The van der Waals surface area contributed by atoms with Crippen LogP contribution in [0.3, 0.4) is 0 Å². The number of hydrogen-bond acceptors (Lipinski definition) is 4. The highest BCUT2D eigenvalue weighted by atomic mass is 32.2. The van der Waals surface area contributed by atoms with Gasteiger partial charge in [0, 0.05) is 5.69 Å². The van der Waals surface area contributed by atoms with Crippen molar-refractivity contribution in [1.82, 2.24) is 4.98 Å². The van der Waals surface area contributed by atoms with Crippen LogP contribution in [0.15, 0.2) is 47.4 Å². The summed E-state index contributed by atoms with van der Waals surface area (Å²) in [5.41, 5.74) is 0.685. The van der Waals surface area contributed by atoms with E-state index in [0.29, 0.717) is 5.69 Å². The van der Waals surface area contributed by atoms with E-state index in [2.05, 4.69) is 9.72 Å². The van der Waals surface area contributed by atoms with E-state index >= 15 is 0 Å². The third-order valence-electron chi connectivity index (χ3n) is 2.60. The number of carbonyl (C=O) groups is 1. The Labute approximate surface area is 111 Å². The van der Waals surface area contributed by atoms with Gasteiger partial charge in [0.2, 0.25) is 0 Å². The predicted octanol–water partition coefficient (Wildman–Crippen LogP) is 1.78. The number of carbonyl (C=O) groups excluding carboxylic acids is 1. The fourth-order valence-corrected chi connectivity index (χ4v) is 2.99. The topological polar surface area (TPSA) is 76.2 Å². The smallest absolute Gasteiger partial charge is 0.354 e. The van der Waals surface area contributed by atoms with Gasteiger partial charge in [-0.05, 0) is 24.3 Å². The van der Waals surface area contributed by atoms with Crippen molar-refractivity contribution in [3.05, 3.63) is 53.9 Å². The van der Waals surface area contributed by atoms with Gasteiger partial charge in [-0.1, -0.05) is 18.2 Å². The van der Waals surface area contributed by atoms with E-state index in [-0.39, 0.29) is 16.3 Å². The second-order valence-corrected chi connectivity index (χ2v) is 5.95. The maximum atomic E-state index is 12.1. The summed E-state index contributed by atoms with van der Waals surface area (Å²) in [5, 5.41) is 0. The van der Waals surface area contributed by atoms with Gasteiger partial charge in [-0.15, -0.1) is 0 Å². The minimum Gasteiger partial charge on any atom is -0.464 e. The molecule has 0 spiro atoms. The number of ether oxygens (including phenoxy) is 1. The molecule has 0 aliphatic heterocycles. The molecular weight excluding hydrogens is 266 g/mol. The summed E-state index contributed by atoms with van der Waals surface area (Å²) in [5.74, 6) is -0.711. The molecule has 2 rings (SSSR count). The molecule has 0 aliphatic carbocycles. The Balaban J connectivity index is 2.22. The van der Waals surface area contributed by atoms with Crippen LogP contribution in [0.1, 0.15) is 16.2 Å². The number of esters is 1. The van der Waals surface area contributed by atoms with Gasteiger partial charge in [-0.25, -0.2) is 13.2 Å². The second-order valence-electron chi connectivity index (χ2n) is 3.96. The summed E-state index contributed by atoms with van der Waals surface area (Å²) in [6.45, 7) is 0. The van der Waals surface area contributed by atoms with E-state index in [9.17, 15) is 13.2 Å². The van der Waals surface area contributed by atoms with Crippen molar-refractivity contribution in [2.75, 3.05) is 7.11 Å². The molecule has 0 atom stereocenters. The van der Waals surface area contributed by atoms with Crippen LogP contribution in [0.2, 0.25) is 0 Å². The molecule has 19 heavy (non-hydrogen) atoms. The molecule has 100 valence electrons. The Morgan fingerprint density at radius 1 is 1.16 bits per heavy atom. The molecule has 0 fully saturated rings. The average molecular weight is 279 g/mol. The number of nitrogens with one attached hydrogen (secondary N) is 1. The van der Waals surface area contributed by atoms with E-state index in [1.54, 1.807) is 36.4 Å². The van der Waals surface area contributed by atoms with Gasteiger partial charge < -0.3 is 9.72 Å². The average Bonchev–Trinajstić information content (AvgIpc) is 2.86. The first-order valence-corrected chi connectivity index (χ1v) is 7.22. The van der Waals surface area contributed by atoms with Crippen molar-refractivity contribution in [3.8, 4) is 0 Å². The number of methoxy groups -OCH3 is 1. The lowest BCUT2D eigenvalue weighted by atomic mass is 10.4. The first-order valence-electron chi connectivity index (χ1n) is 5.57. The van der Waals surface area contributed by atoms with Gasteiger partial charge in [-0.2, -0.15) is 0 Å². The van der Waals surface area contributed by atoms with Gasteiger partial charge in [0.15, 0.2) is 9.84 Å². The maximum Gasteiger partial charge on any atom is 0.354 e. The Hall–Kier alpha value is -2.08. The normalized spacial score (nSPS) is 11.2. The molecule has 0 saturated heterocycles. The van der Waals surface area contributed by atoms with Crippen molar-refractivity contribution in [3.63, 3.8) is 0 Å². The number of benzene rings is 1. The van der Waals surface area contributed by atoms with Gasteiger partial charge in [0.1, 0.15) is 5.69 Å². The van der Waals surface area contributed by atoms with E-state index in [0.717, 1.165) is 0 Å². The number of aromatic amines is 1. The van der Waals surface area contributed by atoms with Crippen LogP contribution in [-0.2, 0) is 20.3 Å². The third kappa shape index (κ3) is 3.03. The van der Waals surface area contributed by atoms with Gasteiger partial charge in [0.05, 0.1) is 17.8 Å². The molecule has 0 unspecified atom stereocenters. The lowest BCUT2D eigenvalue weighted by molar-refractivity contribution is 0.0594. The van der Waals surface area contributed by atoms with Crippen LogP contribution in [0.4, 0.5) is 0 Å². The summed E-state index contributed by atoms with van der Waals surface area (Å²) in [6.07, 6.45) is 0. The van der Waals surface area contributed by atoms with Crippen molar-refractivity contribution in [1.29, 1.82) is 0 Å². The zero-order valence-electron chi connectivity index (χ0n) is 10.3. The molecule has 0 radical (unpaired) electrons. The van der Waals surface area contributed by atoms with Crippen LogP contribution in [-0.4, -0.2) is 26.5 Å². The minimum atomic E-state index is -3.42. The summed E-state index contributed by atoms with van der Waals surface area (Å²) in [7, 11) is -2.15. The monoisotopic (exact) mass is 279 g/mol.